The molecule has 2 N–H and O–H groups in total. The summed E-state index contributed by atoms with van der Waals surface area (Å²) in [6.45, 7) is 0. The van der Waals surface area contributed by atoms with E-state index < -0.39 is 23.3 Å². The fourth-order valence-corrected chi connectivity index (χ4v) is 1.57. The number of esters is 1. The number of nitrogens with zero attached hydrogens (tertiary/aromatic N) is 1. The molecule has 0 aliphatic carbocycles. The van der Waals surface area contributed by atoms with Gasteiger partial charge in [-0.25, -0.2) is 14.6 Å². The third-order valence-corrected chi connectivity index (χ3v) is 2.34. The minimum atomic E-state index is -1.35. The first-order chi connectivity index (χ1) is 8.54. The van der Waals surface area contributed by atoms with Crippen LogP contribution in [-0.4, -0.2) is 34.1 Å². The molecule has 7 nitrogen and oxygen atoms in total. The van der Waals surface area contributed by atoms with Crippen molar-refractivity contribution in [3.63, 3.8) is 0 Å². The number of rotatable bonds is 2. The van der Waals surface area contributed by atoms with Gasteiger partial charge in [0, 0.05) is 0 Å². The summed E-state index contributed by atoms with van der Waals surface area (Å²) in [5, 5.41) is 8.78. The zero-order chi connectivity index (χ0) is 13.3. The fraction of sp³-hybridized carbons (Fsp3) is 0.0909. The van der Waals surface area contributed by atoms with E-state index in [-0.39, 0.29) is 16.5 Å². The summed E-state index contributed by atoms with van der Waals surface area (Å²) in [5.74, 6) is -2.51. The van der Waals surface area contributed by atoms with Crippen LogP contribution >= 0.6 is 0 Å². The van der Waals surface area contributed by atoms with Gasteiger partial charge in [0.2, 0.25) is 5.82 Å². The Hall–Kier alpha value is -2.70. The number of hydrogen-bond donors (Lipinski definition) is 2. The molecule has 1 heterocycles. The van der Waals surface area contributed by atoms with Crippen LogP contribution in [0.25, 0.3) is 10.9 Å². The normalized spacial score (nSPS) is 10.3. The number of ether oxygens (including phenoxy) is 1. The van der Waals surface area contributed by atoms with Gasteiger partial charge in [-0.2, -0.15) is 0 Å². The highest BCUT2D eigenvalue weighted by atomic mass is 16.5. The molecule has 92 valence electrons. The van der Waals surface area contributed by atoms with Crippen molar-refractivity contribution in [2.45, 2.75) is 0 Å². The van der Waals surface area contributed by atoms with Crippen LogP contribution < -0.4 is 5.56 Å². The number of fused-ring (bicyclic) bond motifs is 1. The average Bonchev–Trinajstić information content (AvgIpc) is 2.36. The van der Waals surface area contributed by atoms with Gasteiger partial charge in [0.15, 0.2) is 0 Å². The fourth-order valence-electron chi connectivity index (χ4n) is 1.57. The first-order valence-electron chi connectivity index (χ1n) is 4.89. The second-order valence-electron chi connectivity index (χ2n) is 3.41. The molecule has 0 aliphatic heterocycles. The van der Waals surface area contributed by atoms with Gasteiger partial charge in [-0.3, -0.25) is 4.79 Å². The molecular weight excluding hydrogens is 240 g/mol. The van der Waals surface area contributed by atoms with Crippen LogP contribution in [-0.2, 0) is 4.74 Å². The van der Waals surface area contributed by atoms with Gasteiger partial charge >= 0.3 is 11.9 Å². The van der Waals surface area contributed by atoms with Crippen molar-refractivity contribution >= 4 is 22.8 Å². The molecule has 0 radical (unpaired) electrons. The third-order valence-electron chi connectivity index (χ3n) is 2.34. The van der Waals surface area contributed by atoms with Gasteiger partial charge in [-0.05, 0) is 12.1 Å². The second-order valence-corrected chi connectivity index (χ2v) is 3.41. The number of aromatic carboxylic acids is 1. The summed E-state index contributed by atoms with van der Waals surface area (Å²) in [5.41, 5.74) is -0.530. The summed E-state index contributed by atoms with van der Waals surface area (Å²) < 4.78 is 4.54. The van der Waals surface area contributed by atoms with Crippen molar-refractivity contribution in [2.75, 3.05) is 7.11 Å². The lowest BCUT2D eigenvalue weighted by Gasteiger charge is -2.03. The summed E-state index contributed by atoms with van der Waals surface area (Å²) in [7, 11) is 1.19. The number of carboxylic acid groups (broad SMARTS) is 1. The van der Waals surface area contributed by atoms with Crippen molar-refractivity contribution in [3.8, 4) is 0 Å². The number of aromatic amines is 1. The number of H-pyrrole nitrogens is 1. The number of nitrogens with one attached hydrogen (secondary N) is 1. The molecule has 0 saturated heterocycles. The molecule has 1 aromatic carbocycles. The minimum absolute atomic E-state index is 0.00866. The number of carboxylic acids is 1. The number of benzene rings is 1. The molecule has 2 rings (SSSR count). The molecule has 7 heteroatoms. The van der Waals surface area contributed by atoms with Crippen molar-refractivity contribution in [2.24, 2.45) is 0 Å². The van der Waals surface area contributed by atoms with Crippen LogP contribution in [0.1, 0.15) is 21.0 Å². The van der Waals surface area contributed by atoms with Crippen LogP contribution in [0.5, 0.6) is 0 Å². The molecule has 0 saturated carbocycles. The van der Waals surface area contributed by atoms with Gasteiger partial charge in [0.05, 0.1) is 23.6 Å². The van der Waals surface area contributed by atoms with Gasteiger partial charge < -0.3 is 14.8 Å². The van der Waals surface area contributed by atoms with Crippen LogP contribution in [0.15, 0.2) is 23.0 Å². The van der Waals surface area contributed by atoms with E-state index in [0.717, 1.165) is 0 Å². The Bertz CT molecular complexity index is 704. The maximum Gasteiger partial charge on any atom is 0.372 e. The Balaban J connectivity index is 2.83. The van der Waals surface area contributed by atoms with Crippen LogP contribution in [0, 0.1) is 0 Å². The average molecular weight is 248 g/mol. The maximum absolute atomic E-state index is 11.8. The smallest absolute Gasteiger partial charge is 0.372 e. The molecule has 0 bridgehead atoms. The van der Waals surface area contributed by atoms with Crippen molar-refractivity contribution in [3.05, 3.63) is 39.9 Å². The van der Waals surface area contributed by atoms with E-state index >= 15 is 0 Å². The molecule has 0 unspecified atom stereocenters. The lowest BCUT2D eigenvalue weighted by atomic mass is 10.1. The van der Waals surface area contributed by atoms with E-state index in [1.54, 1.807) is 0 Å². The van der Waals surface area contributed by atoms with Crippen molar-refractivity contribution in [1.82, 2.24) is 9.97 Å². The van der Waals surface area contributed by atoms with E-state index in [1.807, 2.05) is 0 Å². The Morgan fingerprint density at radius 2 is 2.11 bits per heavy atom. The predicted octanol–water partition coefficient (Wildman–Crippen LogP) is 0.408. The van der Waals surface area contributed by atoms with Crippen molar-refractivity contribution < 1.29 is 19.4 Å². The summed E-state index contributed by atoms with van der Waals surface area (Å²) in [6.07, 6.45) is 0. The van der Waals surface area contributed by atoms with E-state index in [9.17, 15) is 14.4 Å². The highest BCUT2D eigenvalue weighted by molar-refractivity contribution is 6.03. The van der Waals surface area contributed by atoms with Gasteiger partial charge in [0.1, 0.15) is 0 Å². The number of carbonyl (C=O) groups is 2. The quantitative estimate of drug-likeness (QED) is 0.745. The molecule has 1 aromatic heterocycles. The summed E-state index contributed by atoms with van der Waals surface area (Å²) >= 11 is 0. The molecule has 0 fully saturated rings. The molecule has 0 atom stereocenters. The second kappa shape index (κ2) is 4.28. The lowest BCUT2D eigenvalue weighted by Crippen LogP contribution is -2.18. The summed E-state index contributed by atoms with van der Waals surface area (Å²) in [4.78, 5) is 39.9. The Labute approximate surface area is 100 Å². The van der Waals surface area contributed by atoms with Crippen LogP contribution in [0.2, 0.25) is 0 Å². The first kappa shape index (κ1) is 11.8. The van der Waals surface area contributed by atoms with Crippen molar-refractivity contribution in [1.29, 1.82) is 0 Å². The SMILES string of the molecule is COC(=O)c1cccc2nc(C(=O)O)[nH]c(=O)c12. The Morgan fingerprint density at radius 1 is 1.39 bits per heavy atom. The topological polar surface area (TPSA) is 109 Å². The summed E-state index contributed by atoms with van der Waals surface area (Å²) in [6, 6.07) is 4.35. The maximum atomic E-state index is 11.8. The molecule has 0 amide bonds. The molecular formula is C11H8N2O5. The van der Waals surface area contributed by atoms with E-state index in [4.69, 9.17) is 5.11 Å². The molecule has 0 aliphatic rings. The number of carbonyl (C=O) groups excluding carboxylic acids is 1. The van der Waals surface area contributed by atoms with E-state index in [1.165, 1.54) is 25.3 Å². The lowest BCUT2D eigenvalue weighted by molar-refractivity contribution is 0.0602. The zero-order valence-electron chi connectivity index (χ0n) is 9.26. The van der Waals surface area contributed by atoms with E-state index in [0.29, 0.717) is 0 Å². The Morgan fingerprint density at radius 3 is 2.72 bits per heavy atom. The molecule has 0 spiro atoms. The minimum Gasteiger partial charge on any atom is -0.475 e. The number of hydrogen-bond acceptors (Lipinski definition) is 5. The molecule has 18 heavy (non-hydrogen) atoms. The predicted molar refractivity (Wildman–Crippen MR) is 60.7 cm³/mol. The standard InChI is InChI=1S/C11H8N2O5/c1-18-11(17)5-3-2-4-6-7(5)9(14)13-8(12-6)10(15)16/h2-4H,1H3,(H,15,16)(H,12,13,14). The number of methoxy groups -OCH3 is 1. The zero-order valence-corrected chi connectivity index (χ0v) is 9.26. The van der Waals surface area contributed by atoms with Crippen LogP contribution in [0.3, 0.4) is 0 Å². The monoisotopic (exact) mass is 248 g/mol. The highest BCUT2D eigenvalue weighted by Gasteiger charge is 2.16. The van der Waals surface area contributed by atoms with Crippen LogP contribution in [0.4, 0.5) is 0 Å². The molecule has 2 aromatic rings. The van der Waals surface area contributed by atoms with Gasteiger partial charge in [-0.15, -0.1) is 0 Å². The van der Waals surface area contributed by atoms with E-state index in [2.05, 4.69) is 14.7 Å². The number of aromatic nitrogens is 2. The Kier molecular flexibility index (Phi) is 2.80. The highest BCUT2D eigenvalue weighted by Crippen LogP contribution is 2.13. The largest absolute Gasteiger partial charge is 0.475 e. The van der Waals surface area contributed by atoms with Gasteiger partial charge in [-0.1, -0.05) is 6.07 Å². The first-order valence-corrected chi connectivity index (χ1v) is 4.89. The third kappa shape index (κ3) is 1.81. The van der Waals surface area contributed by atoms with Gasteiger partial charge in [0.25, 0.3) is 5.56 Å².